The number of aliphatic hydroxyl groups is 1. The second-order valence-electron chi connectivity index (χ2n) is 4.48. The molecule has 0 amide bonds. The highest BCUT2D eigenvalue weighted by Gasteiger charge is 2.18. The molecule has 1 unspecified atom stereocenters. The van der Waals surface area contributed by atoms with Gasteiger partial charge in [-0.1, -0.05) is 42.5 Å². The van der Waals surface area contributed by atoms with E-state index in [2.05, 4.69) is 12.1 Å². The summed E-state index contributed by atoms with van der Waals surface area (Å²) in [5, 5.41) is 9.90. The molecule has 1 atom stereocenters. The summed E-state index contributed by atoms with van der Waals surface area (Å²) in [7, 11) is 0. The van der Waals surface area contributed by atoms with Crippen LogP contribution in [0.3, 0.4) is 0 Å². The van der Waals surface area contributed by atoms with E-state index in [4.69, 9.17) is 4.74 Å². The van der Waals surface area contributed by atoms with Crippen molar-refractivity contribution in [3.05, 3.63) is 54.1 Å². The second-order valence-corrected chi connectivity index (χ2v) is 5.32. The number of hydrogen-bond donors (Lipinski definition) is 1. The molecule has 0 aliphatic carbocycles. The fourth-order valence-electron chi connectivity index (χ4n) is 2.09. The summed E-state index contributed by atoms with van der Waals surface area (Å²) >= 11 is 1.69. The van der Waals surface area contributed by atoms with Gasteiger partial charge in [-0.3, -0.25) is 0 Å². The molecule has 110 valence electrons. The Bertz CT molecular complexity index is 608. The van der Waals surface area contributed by atoms with Crippen LogP contribution in [0.2, 0.25) is 0 Å². The fourth-order valence-corrected chi connectivity index (χ4v) is 2.71. The topological polar surface area (TPSA) is 46.5 Å². The van der Waals surface area contributed by atoms with E-state index in [1.807, 2.05) is 30.5 Å². The van der Waals surface area contributed by atoms with Gasteiger partial charge in [-0.15, -0.1) is 11.8 Å². The van der Waals surface area contributed by atoms with Gasteiger partial charge in [-0.25, -0.2) is 4.79 Å². The van der Waals surface area contributed by atoms with E-state index in [1.54, 1.807) is 30.8 Å². The van der Waals surface area contributed by atoms with E-state index < -0.39 is 12.1 Å². The Kier molecular flexibility index (Phi) is 5.42. The first kappa shape index (κ1) is 15.6. The maximum atomic E-state index is 11.5. The number of thioether (sulfide) groups is 1. The van der Waals surface area contributed by atoms with Crippen LogP contribution >= 0.6 is 11.8 Å². The predicted octanol–water partition coefficient (Wildman–Crippen LogP) is 3.67. The summed E-state index contributed by atoms with van der Waals surface area (Å²) in [6.45, 7) is 1.97. The van der Waals surface area contributed by atoms with E-state index in [0.29, 0.717) is 5.56 Å². The molecule has 0 aliphatic heterocycles. The molecule has 4 heteroatoms. The molecule has 0 aliphatic rings. The summed E-state index contributed by atoms with van der Waals surface area (Å²) in [5.41, 5.74) is 2.74. The summed E-state index contributed by atoms with van der Waals surface area (Å²) < 4.78 is 4.82. The molecule has 0 fully saturated rings. The SMILES string of the molecule is CCOC(=O)C(O)c1ccc(-c2ccccc2SC)cc1. The van der Waals surface area contributed by atoms with Gasteiger partial charge in [0, 0.05) is 4.90 Å². The van der Waals surface area contributed by atoms with Crippen LogP contribution in [0.1, 0.15) is 18.6 Å². The highest BCUT2D eigenvalue weighted by molar-refractivity contribution is 7.98. The van der Waals surface area contributed by atoms with Gasteiger partial charge in [0.25, 0.3) is 0 Å². The van der Waals surface area contributed by atoms with Gasteiger partial charge in [0.05, 0.1) is 6.61 Å². The number of ether oxygens (including phenoxy) is 1. The van der Waals surface area contributed by atoms with E-state index >= 15 is 0 Å². The maximum absolute atomic E-state index is 11.5. The number of aliphatic hydroxyl groups excluding tert-OH is 1. The maximum Gasteiger partial charge on any atom is 0.339 e. The normalized spacial score (nSPS) is 12.0. The Hall–Kier alpha value is -1.78. The van der Waals surface area contributed by atoms with Crippen LogP contribution in [-0.2, 0) is 9.53 Å². The third-order valence-corrected chi connectivity index (χ3v) is 3.95. The lowest BCUT2D eigenvalue weighted by Gasteiger charge is -2.11. The highest BCUT2D eigenvalue weighted by atomic mass is 32.2. The van der Waals surface area contributed by atoms with Gasteiger partial charge in [-0.2, -0.15) is 0 Å². The number of carbonyl (C=O) groups excluding carboxylic acids is 1. The van der Waals surface area contributed by atoms with Crippen molar-refractivity contribution < 1.29 is 14.6 Å². The van der Waals surface area contributed by atoms with Crippen LogP contribution in [0, 0.1) is 0 Å². The molecular weight excluding hydrogens is 284 g/mol. The van der Waals surface area contributed by atoms with Crippen molar-refractivity contribution in [3.63, 3.8) is 0 Å². The lowest BCUT2D eigenvalue weighted by Crippen LogP contribution is -2.15. The van der Waals surface area contributed by atoms with Crippen molar-refractivity contribution in [2.24, 2.45) is 0 Å². The molecule has 1 N–H and O–H groups in total. The Balaban J connectivity index is 2.25. The minimum atomic E-state index is -1.23. The molecule has 0 saturated heterocycles. The number of esters is 1. The summed E-state index contributed by atoms with van der Waals surface area (Å²) in [4.78, 5) is 12.7. The fraction of sp³-hybridized carbons (Fsp3) is 0.235. The van der Waals surface area contributed by atoms with Crippen LogP contribution < -0.4 is 0 Å². The predicted molar refractivity (Wildman–Crippen MR) is 85.3 cm³/mol. The molecule has 0 saturated carbocycles. The van der Waals surface area contributed by atoms with Crippen molar-refractivity contribution in [2.75, 3.05) is 12.9 Å². The van der Waals surface area contributed by atoms with Crippen molar-refractivity contribution in [1.29, 1.82) is 0 Å². The number of hydrogen-bond acceptors (Lipinski definition) is 4. The zero-order chi connectivity index (χ0) is 15.2. The standard InChI is InChI=1S/C17H18O3S/c1-3-20-17(19)16(18)13-10-8-12(9-11-13)14-6-4-5-7-15(14)21-2/h4-11,16,18H,3H2,1-2H3. The van der Waals surface area contributed by atoms with Crippen LogP contribution in [0.4, 0.5) is 0 Å². The first-order valence-corrected chi connectivity index (χ1v) is 7.98. The monoisotopic (exact) mass is 302 g/mol. The highest BCUT2D eigenvalue weighted by Crippen LogP contribution is 2.30. The molecular formula is C17H18O3S. The minimum Gasteiger partial charge on any atom is -0.464 e. The quantitative estimate of drug-likeness (QED) is 0.676. The van der Waals surface area contributed by atoms with Crippen LogP contribution in [0.5, 0.6) is 0 Å². The molecule has 0 radical (unpaired) electrons. The molecule has 3 nitrogen and oxygen atoms in total. The Morgan fingerprint density at radius 2 is 1.86 bits per heavy atom. The van der Waals surface area contributed by atoms with E-state index in [9.17, 15) is 9.90 Å². The second kappa shape index (κ2) is 7.29. The molecule has 2 aromatic rings. The van der Waals surface area contributed by atoms with E-state index in [1.165, 1.54) is 4.90 Å². The average Bonchev–Trinajstić information content (AvgIpc) is 2.54. The largest absolute Gasteiger partial charge is 0.464 e. The van der Waals surface area contributed by atoms with Crippen LogP contribution in [0.15, 0.2) is 53.4 Å². The van der Waals surface area contributed by atoms with E-state index in [-0.39, 0.29) is 6.61 Å². The third kappa shape index (κ3) is 3.65. The number of benzene rings is 2. The number of rotatable bonds is 5. The van der Waals surface area contributed by atoms with Gasteiger partial charge in [0.15, 0.2) is 6.10 Å². The molecule has 21 heavy (non-hydrogen) atoms. The zero-order valence-electron chi connectivity index (χ0n) is 12.1. The van der Waals surface area contributed by atoms with Gasteiger partial charge in [0.2, 0.25) is 0 Å². The molecule has 0 heterocycles. The first-order chi connectivity index (χ1) is 10.2. The van der Waals surface area contributed by atoms with Gasteiger partial charge in [-0.05, 0) is 35.9 Å². The van der Waals surface area contributed by atoms with Crippen LogP contribution in [-0.4, -0.2) is 23.9 Å². The van der Waals surface area contributed by atoms with Crippen molar-refractivity contribution in [3.8, 4) is 11.1 Å². The Labute approximate surface area is 129 Å². The number of carbonyl (C=O) groups is 1. The summed E-state index contributed by atoms with van der Waals surface area (Å²) in [5.74, 6) is -0.616. The average molecular weight is 302 g/mol. The smallest absolute Gasteiger partial charge is 0.339 e. The first-order valence-electron chi connectivity index (χ1n) is 6.75. The van der Waals surface area contributed by atoms with Gasteiger partial charge >= 0.3 is 5.97 Å². The van der Waals surface area contributed by atoms with Crippen molar-refractivity contribution >= 4 is 17.7 Å². The summed E-state index contributed by atoms with van der Waals surface area (Å²) in [6.07, 6.45) is 0.812. The molecule has 2 rings (SSSR count). The lowest BCUT2D eigenvalue weighted by molar-refractivity contribution is -0.153. The minimum absolute atomic E-state index is 0.259. The third-order valence-electron chi connectivity index (χ3n) is 3.15. The molecule has 0 aromatic heterocycles. The summed E-state index contributed by atoms with van der Waals surface area (Å²) in [6, 6.07) is 15.5. The van der Waals surface area contributed by atoms with Crippen molar-refractivity contribution in [2.45, 2.75) is 17.9 Å². The Morgan fingerprint density at radius 1 is 1.19 bits per heavy atom. The zero-order valence-corrected chi connectivity index (χ0v) is 12.9. The lowest BCUT2D eigenvalue weighted by atomic mass is 10.0. The molecule has 2 aromatic carbocycles. The molecule has 0 spiro atoms. The van der Waals surface area contributed by atoms with Gasteiger partial charge in [0.1, 0.15) is 0 Å². The van der Waals surface area contributed by atoms with Gasteiger partial charge < -0.3 is 9.84 Å². The van der Waals surface area contributed by atoms with Crippen LogP contribution in [0.25, 0.3) is 11.1 Å². The van der Waals surface area contributed by atoms with E-state index in [0.717, 1.165) is 11.1 Å². The van der Waals surface area contributed by atoms with Crippen molar-refractivity contribution in [1.82, 2.24) is 0 Å². The Morgan fingerprint density at radius 3 is 2.48 bits per heavy atom. The molecule has 0 bridgehead atoms.